The molecule has 12 heteroatoms. The first-order valence-electron chi connectivity index (χ1n) is 9.81. The normalized spacial score (nSPS) is 18.2. The quantitative estimate of drug-likeness (QED) is 0.790. The minimum absolute atomic E-state index is 0.694. The molecule has 0 saturated carbocycles. The number of hydrogen-bond donors (Lipinski definition) is 1. The number of fused-ring (bicyclic) bond motifs is 1. The molecule has 30 heavy (non-hydrogen) atoms. The van der Waals surface area contributed by atoms with E-state index in [0.29, 0.717) is 6.54 Å². The van der Waals surface area contributed by atoms with Crippen LogP contribution >= 0.6 is 0 Å². The largest absolute Gasteiger partial charge is 0.490 e. The highest BCUT2D eigenvalue weighted by Crippen LogP contribution is 2.20. The van der Waals surface area contributed by atoms with E-state index in [1.807, 2.05) is 16.9 Å². The summed E-state index contributed by atoms with van der Waals surface area (Å²) in [7, 11) is 0. The minimum atomic E-state index is -5.08. The summed E-state index contributed by atoms with van der Waals surface area (Å²) in [5, 5.41) is 20.2. The lowest BCUT2D eigenvalue weighted by molar-refractivity contribution is -0.192. The van der Waals surface area contributed by atoms with Gasteiger partial charge in [-0.15, -0.1) is 10.2 Å². The maximum absolute atomic E-state index is 10.6. The number of carbonyl (C=O) groups is 1. The Labute approximate surface area is 171 Å². The molecular formula is C18H25F3N6O3. The van der Waals surface area contributed by atoms with E-state index >= 15 is 0 Å². The van der Waals surface area contributed by atoms with Crippen LogP contribution in [0, 0.1) is 5.92 Å². The minimum Gasteiger partial charge on any atom is -0.475 e. The summed E-state index contributed by atoms with van der Waals surface area (Å²) in [5.41, 5.74) is 0. The number of carboxylic acids is 1. The lowest BCUT2D eigenvalue weighted by Crippen LogP contribution is -2.32. The fourth-order valence-corrected chi connectivity index (χ4v) is 3.58. The average molecular weight is 430 g/mol. The summed E-state index contributed by atoms with van der Waals surface area (Å²) in [6, 6.07) is 1.94. The van der Waals surface area contributed by atoms with Gasteiger partial charge in [-0.25, -0.2) is 4.79 Å². The van der Waals surface area contributed by atoms with Crippen LogP contribution in [0.4, 0.5) is 13.2 Å². The summed E-state index contributed by atoms with van der Waals surface area (Å²) < 4.78 is 41.4. The lowest BCUT2D eigenvalue weighted by Gasteiger charge is -2.28. The van der Waals surface area contributed by atoms with Crippen LogP contribution in [0.3, 0.4) is 0 Å². The molecule has 2 aromatic heterocycles. The van der Waals surface area contributed by atoms with Gasteiger partial charge in [0.05, 0.1) is 6.54 Å². The predicted molar refractivity (Wildman–Crippen MR) is 98.5 cm³/mol. The highest BCUT2D eigenvalue weighted by molar-refractivity contribution is 5.73. The fraction of sp³-hybridized carbons (Fsp3) is 0.667. The maximum atomic E-state index is 10.6. The second-order valence-electron chi connectivity index (χ2n) is 7.34. The summed E-state index contributed by atoms with van der Waals surface area (Å²) in [6.07, 6.45) is 2.22. The Hall–Kier alpha value is -2.47. The average Bonchev–Trinajstić information content (AvgIpc) is 3.29. The van der Waals surface area contributed by atoms with Crippen LogP contribution in [0.15, 0.2) is 18.5 Å². The van der Waals surface area contributed by atoms with Crippen LogP contribution in [0.1, 0.15) is 30.9 Å². The van der Waals surface area contributed by atoms with Crippen molar-refractivity contribution in [2.24, 2.45) is 5.92 Å². The molecule has 1 N–H and O–H groups in total. The highest BCUT2D eigenvalue weighted by atomic mass is 19.4. The highest BCUT2D eigenvalue weighted by Gasteiger charge is 2.38. The number of hydrogen-bond acceptors (Lipinski definition) is 6. The van der Waals surface area contributed by atoms with Gasteiger partial charge in [-0.05, 0) is 31.2 Å². The van der Waals surface area contributed by atoms with E-state index < -0.39 is 12.1 Å². The second kappa shape index (κ2) is 10.0. The Morgan fingerprint density at radius 2 is 1.97 bits per heavy atom. The topological polar surface area (TPSA) is 98.3 Å². The number of ether oxygens (including phenoxy) is 1. The number of alkyl halides is 3. The number of carboxylic acid groups (broad SMARTS) is 1. The zero-order valence-corrected chi connectivity index (χ0v) is 16.5. The molecule has 166 valence electrons. The van der Waals surface area contributed by atoms with Gasteiger partial charge in [-0.3, -0.25) is 9.58 Å². The van der Waals surface area contributed by atoms with Gasteiger partial charge < -0.3 is 14.4 Å². The first-order valence-corrected chi connectivity index (χ1v) is 9.81. The van der Waals surface area contributed by atoms with Gasteiger partial charge in [-0.1, -0.05) is 0 Å². The molecule has 2 aliphatic heterocycles. The van der Waals surface area contributed by atoms with Crippen molar-refractivity contribution in [1.29, 1.82) is 0 Å². The molecule has 1 fully saturated rings. The van der Waals surface area contributed by atoms with Gasteiger partial charge >= 0.3 is 12.1 Å². The van der Waals surface area contributed by atoms with Gasteiger partial charge in [0.2, 0.25) is 0 Å². The first kappa shape index (κ1) is 22.2. The third-order valence-corrected chi connectivity index (χ3v) is 5.09. The third kappa shape index (κ3) is 6.26. The zero-order valence-electron chi connectivity index (χ0n) is 16.5. The molecule has 0 spiro atoms. The third-order valence-electron chi connectivity index (χ3n) is 5.09. The summed E-state index contributed by atoms with van der Waals surface area (Å²) in [6.45, 7) is 6.74. The van der Waals surface area contributed by atoms with E-state index in [1.54, 1.807) is 6.20 Å². The maximum Gasteiger partial charge on any atom is 0.490 e. The van der Waals surface area contributed by atoms with Crippen LogP contribution in [-0.4, -0.2) is 73.0 Å². The molecule has 1 saturated heterocycles. The van der Waals surface area contributed by atoms with Crippen LogP contribution in [0.2, 0.25) is 0 Å². The standard InChI is InChI=1S/C16H24N6O.C2HF3O2/c1-5-17-21(7-1)13-16-19-18-15-12-20(6-2-8-22(15)16)11-14-3-9-23-10-4-14;3-2(4,5)1(6)7/h1,5,7,14H,2-4,6,8-13H2;(H,6,7). The number of aromatic nitrogens is 5. The number of rotatable bonds is 4. The Balaban J connectivity index is 0.000000318. The van der Waals surface area contributed by atoms with Crippen molar-refractivity contribution in [1.82, 2.24) is 29.4 Å². The Morgan fingerprint density at radius 1 is 1.23 bits per heavy atom. The van der Waals surface area contributed by atoms with E-state index in [2.05, 4.69) is 24.8 Å². The van der Waals surface area contributed by atoms with E-state index in [0.717, 1.165) is 63.4 Å². The molecule has 0 atom stereocenters. The molecular weight excluding hydrogens is 405 g/mol. The Morgan fingerprint density at radius 3 is 2.60 bits per heavy atom. The molecule has 9 nitrogen and oxygen atoms in total. The number of halogens is 3. The van der Waals surface area contributed by atoms with Crippen LogP contribution < -0.4 is 0 Å². The molecule has 0 aliphatic carbocycles. The first-order chi connectivity index (χ1) is 14.3. The van der Waals surface area contributed by atoms with Gasteiger partial charge in [0.15, 0.2) is 5.82 Å². The van der Waals surface area contributed by atoms with E-state index in [-0.39, 0.29) is 0 Å². The van der Waals surface area contributed by atoms with Crippen molar-refractivity contribution < 1.29 is 27.8 Å². The van der Waals surface area contributed by atoms with Gasteiger partial charge in [0.1, 0.15) is 12.4 Å². The number of nitrogens with zero attached hydrogens (tertiary/aromatic N) is 6. The zero-order chi connectivity index (χ0) is 21.6. The van der Waals surface area contributed by atoms with E-state index in [9.17, 15) is 13.2 Å². The second-order valence-corrected chi connectivity index (χ2v) is 7.34. The molecule has 0 bridgehead atoms. The Bertz CT molecular complexity index is 803. The van der Waals surface area contributed by atoms with Crippen molar-refractivity contribution in [2.75, 3.05) is 26.3 Å². The van der Waals surface area contributed by atoms with Gasteiger partial charge in [-0.2, -0.15) is 18.3 Å². The monoisotopic (exact) mass is 430 g/mol. The molecule has 4 rings (SSSR count). The van der Waals surface area contributed by atoms with Gasteiger partial charge in [0.25, 0.3) is 0 Å². The van der Waals surface area contributed by atoms with Crippen LogP contribution in [0.5, 0.6) is 0 Å². The molecule has 4 heterocycles. The van der Waals surface area contributed by atoms with Crippen molar-refractivity contribution >= 4 is 5.97 Å². The molecule has 2 aromatic rings. The molecule has 0 aromatic carbocycles. The molecule has 2 aliphatic rings. The van der Waals surface area contributed by atoms with Crippen LogP contribution in [0.25, 0.3) is 0 Å². The van der Waals surface area contributed by atoms with Crippen molar-refractivity contribution in [2.45, 2.75) is 45.1 Å². The van der Waals surface area contributed by atoms with E-state index in [4.69, 9.17) is 14.6 Å². The Kier molecular flexibility index (Phi) is 7.43. The smallest absolute Gasteiger partial charge is 0.475 e. The SMILES string of the molecule is O=C(O)C(F)(F)F.c1cnn(Cc2nnc3n2CCCN(CC2CCOCC2)C3)c1. The van der Waals surface area contributed by atoms with Gasteiger partial charge in [0, 0.05) is 45.2 Å². The van der Waals surface area contributed by atoms with Crippen molar-refractivity contribution in [3.63, 3.8) is 0 Å². The van der Waals surface area contributed by atoms with E-state index in [1.165, 1.54) is 12.8 Å². The fourth-order valence-electron chi connectivity index (χ4n) is 3.58. The molecule has 0 unspecified atom stereocenters. The summed E-state index contributed by atoms with van der Waals surface area (Å²) in [4.78, 5) is 11.4. The van der Waals surface area contributed by atoms with Crippen molar-refractivity contribution in [3.8, 4) is 0 Å². The van der Waals surface area contributed by atoms with Crippen molar-refractivity contribution in [3.05, 3.63) is 30.1 Å². The lowest BCUT2D eigenvalue weighted by atomic mass is 9.99. The summed E-state index contributed by atoms with van der Waals surface area (Å²) >= 11 is 0. The predicted octanol–water partition coefficient (Wildman–Crippen LogP) is 1.79. The van der Waals surface area contributed by atoms with Crippen LogP contribution in [-0.2, 0) is 29.2 Å². The summed E-state index contributed by atoms with van der Waals surface area (Å²) in [5.74, 6) is 0.114. The number of aliphatic carboxylic acids is 1. The molecule has 0 amide bonds. The molecule has 0 radical (unpaired) electrons.